The average molecular weight is 660 g/mol. The van der Waals surface area contributed by atoms with Gasteiger partial charge in [0.15, 0.2) is 23.3 Å². The molecule has 0 saturated heterocycles. The number of benzene rings is 6. The Labute approximate surface area is 290 Å². The Bertz CT molecular complexity index is 2810. The van der Waals surface area contributed by atoms with Crippen molar-refractivity contribution in [2.24, 2.45) is 0 Å². The van der Waals surface area contributed by atoms with E-state index in [1.165, 1.54) is 4.70 Å². The topological polar surface area (TPSA) is 77.6 Å². The zero-order valence-electron chi connectivity index (χ0n) is 26.5. The van der Waals surface area contributed by atoms with E-state index in [0.29, 0.717) is 23.3 Å². The van der Waals surface area contributed by atoms with Gasteiger partial charge in [-0.05, 0) is 30.3 Å². The van der Waals surface area contributed by atoms with Crippen molar-refractivity contribution in [1.29, 1.82) is 0 Å². The highest BCUT2D eigenvalue weighted by molar-refractivity contribution is 7.26. The van der Waals surface area contributed by atoms with E-state index in [9.17, 15) is 0 Å². The maximum Gasteiger partial charge on any atom is 0.164 e. The number of hydrogen-bond donors (Lipinski definition) is 0. The lowest BCUT2D eigenvalue weighted by atomic mass is 10.0. The Kier molecular flexibility index (Phi) is 6.57. The van der Waals surface area contributed by atoms with E-state index in [2.05, 4.69) is 54.6 Å². The molecule has 6 nitrogen and oxygen atoms in total. The van der Waals surface area contributed by atoms with Gasteiger partial charge in [-0.25, -0.2) is 24.9 Å². The maximum absolute atomic E-state index is 6.46. The van der Waals surface area contributed by atoms with E-state index in [4.69, 9.17) is 29.3 Å². The van der Waals surface area contributed by atoms with Crippen LogP contribution in [0.4, 0.5) is 0 Å². The molecule has 0 atom stereocenters. The molecule has 0 radical (unpaired) electrons. The van der Waals surface area contributed by atoms with Crippen molar-refractivity contribution in [2.45, 2.75) is 0 Å². The fourth-order valence-electron chi connectivity index (χ4n) is 6.59. The predicted molar refractivity (Wildman–Crippen MR) is 203 cm³/mol. The van der Waals surface area contributed by atoms with Gasteiger partial charge in [-0.1, -0.05) is 121 Å². The van der Waals surface area contributed by atoms with Gasteiger partial charge < -0.3 is 4.42 Å². The normalized spacial score (nSPS) is 11.6. The predicted octanol–water partition coefficient (Wildman–Crippen LogP) is 11.3. The number of furan rings is 1. The molecule has 0 saturated carbocycles. The zero-order valence-corrected chi connectivity index (χ0v) is 27.3. The summed E-state index contributed by atoms with van der Waals surface area (Å²) in [4.78, 5) is 25.3. The summed E-state index contributed by atoms with van der Waals surface area (Å²) in [6.07, 6.45) is 0. The molecule has 234 valence electrons. The molecule has 0 aliphatic rings. The Balaban J connectivity index is 1.22. The highest BCUT2D eigenvalue weighted by atomic mass is 32.1. The molecule has 10 aromatic rings. The molecule has 7 heteroatoms. The Hall–Kier alpha value is -6.57. The Morgan fingerprint density at radius 3 is 1.70 bits per heavy atom. The molecule has 0 unspecified atom stereocenters. The third-order valence-electron chi connectivity index (χ3n) is 8.96. The SMILES string of the molecule is c1ccc(-c2nc(-c3ccccc3)nc(-c3cccc4oc5ccc(-c6nc(-c7ccccc7)nc7c6sc6ccccc67)cc5c34)n2)cc1. The summed E-state index contributed by atoms with van der Waals surface area (Å²) in [7, 11) is 0. The molecule has 0 bridgehead atoms. The van der Waals surface area contributed by atoms with E-state index < -0.39 is 0 Å². The average Bonchev–Trinajstić information content (AvgIpc) is 3.76. The molecule has 0 amide bonds. The molecule has 0 spiro atoms. The van der Waals surface area contributed by atoms with Crippen LogP contribution < -0.4 is 0 Å². The van der Waals surface area contributed by atoms with Crippen LogP contribution in [0.5, 0.6) is 0 Å². The van der Waals surface area contributed by atoms with E-state index in [-0.39, 0.29) is 0 Å². The van der Waals surface area contributed by atoms with E-state index in [1.54, 1.807) is 11.3 Å². The lowest BCUT2D eigenvalue weighted by Gasteiger charge is -2.09. The first-order valence-corrected chi connectivity index (χ1v) is 17.2. The summed E-state index contributed by atoms with van der Waals surface area (Å²) in [6.45, 7) is 0. The summed E-state index contributed by atoms with van der Waals surface area (Å²) in [6, 6.07) is 51.0. The van der Waals surface area contributed by atoms with Crippen LogP contribution in [0.1, 0.15) is 0 Å². The molecule has 50 heavy (non-hydrogen) atoms. The quantitative estimate of drug-likeness (QED) is 0.183. The number of fused-ring (bicyclic) bond motifs is 6. The molecular weight excluding hydrogens is 635 g/mol. The minimum atomic E-state index is 0.580. The second-order valence-corrected chi connectivity index (χ2v) is 13.1. The summed E-state index contributed by atoms with van der Waals surface area (Å²) in [5.41, 5.74) is 8.06. The molecular formula is C43H25N5OS. The number of nitrogens with zero attached hydrogens (tertiary/aromatic N) is 5. The van der Waals surface area contributed by atoms with Gasteiger partial charge in [-0.3, -0.25) is 0 Å². The van der Waals surface area contributed by atoms with Crippen LogP contribution in [0.25, 0.3) is 99.1 Å². The third-order valence-corrected chi connectivity index (χ3v) is 10.1. The smallest absolute Gasteiger partial charge is 0.164 e. The van der Waals surface area contributed by atoms with Crippen molar-refractivity contribution in [2.75, 3.05) is 0 Å². The molecule has 4 aromatic heterocycles. The fraction of sp³-hybridized carbons (Fsp3) is 0. The standard InChI is InChI=1S/C43H25N5OS/c1-4-13-26(14-5-1)40-44-37(39-38(45-40)30-19-10-11-22-35(30)50-39)29-23-24-33-32(25-29)36-31(20-12-21-34(36)49-33)43-47-41(27-15-6-2-7-16-27)46-42(48-43)28-17-8-3-9-18-28/h1-25H. The van der Waals surface area contributed by atoms with Crippen LogP contribution in [-0.2, 0) is 0 Å². The van der Waals surface area contributed by atoms with Crippen LogP contribution in [0.15, 0.2) is 156 Å². The maximum atomic E-state index is 6.46. The van der Waals surface area contributed by atoms with Crippen molar-refractivity contribution >= 4 is 53.6 Å². The van der Waals surface area contributed by atoms with Crippen LogP contribution in [0.3, 0.4) is 0 Å². The van der Waals surface area contributed by atoms with E-state index in [0.717, 1.165) is 71.1 Å². The Morgan fingerprint density at radius 1 is 0.420 bits per heavy atom. The van der Waals surface area contributed by atoms with E-state index in [1.807, 2.05) is 97.1 Å². The van der Waals surface area contributed by atoms with Crippen molar-refractivity contribution in [3.8, 4) is 56.8 Å². The van der Waals surface area contributed by atoms with Gasteiger partial charge in [0.1, 0.15) is 11.2 Å². The van der Waals surface area contributed by atoms with Gasteiger partial charge in [-0.15, -0.1) is 11.3 Å². The van der Waals surface area contributed by atoms with Gasteiger partial charge >= 0.3 is 0 Å². The second-order valence-electron chi connectivity index (χ2n) is 12.1. The minimum absolute atomic E-state index is 0.580. The summed E-state index contributed by atoms with van der Waals surface area (Å²) in [5, 5.41) is 3.03. The first-order chi connectivity index (χ1) is 24.8. The van der Waals surface area contributed by atoms with Crippen molar-refractivity contribution < 1.29 is 4.42 Å². The highest BCUT2D eigenvalue weighted by Crippen LogP contribution is 2.42. The number of aromatic nitrogens is 5. The van der Waals surface area contributed by atoms with Crippen LogP contribution in [-0.4, -0.2) is 24.9 Å². The third kappa shape index (κ3) is 4.75. The fourth-order valence-corrected chi connectivity index (χ4v) is 7.75. The van der Waals surface area contributed by atoms with Crippen LogP contribution in [0.2, 0.25) is 0 Å². The summed E-state index contributed by atoms with van der Waals surface area (Å²) < 4.78 is 8.69. The van der Waals surface area contributed by atoms with Crippen LogP contribution in [0, 0.1) is 0 Å². The van der Waals surface area contributed by atoms with Gasteiger partial charge in [0.2, 0.25) is 0 Å². The van der Waals surface area contributed by atoms with Crippen molar-refractivity contribution in [3.63, 3.8) is 0 Å². The van der Waals surface area contributed by atoms with Gasteiger partial charge in [0, 0.05) is 48.7 Å². The second kappa shape index (κ2) is 11.5. The first kappa shape index (κ1) is 28.4. The van der Waals surface area contributed by atoms with Crippen LogP contribution >= 0.6 is 11.3 Å². The molecule has 0 fully saturated rings. The molecule has 0 aliphatic carbocycles. The monoisotopic (exact) mass is 659 g/mol. The molecule has 10 rings (SSSR count). The van der Waals surface area contributed by atoms with Gasteiger partial charge in [-0.2, -0.15) is 0 Å². The lowest BCUT2D eigenvalue weighted by molar-refractivity contribution is 0.669. The zero-order chi connectivity index (χ0) is 33.0. The summed E-state index contributed by atoms with van der Waals surface area (Å²) >= 11 is 1.72. The minimum Gasteiger partial charge on any atom is -0.456 e. The Morgan fingerprint density at radius 2 is 1.02 bits per heavy atom. The molecule has 4 heterocycles. The van der Waals surface area contributed by atoms with Crippen molar-refractivity contribution in [1.82, 2.24) is 24.9 Å². The van der Waals surface area contributed by atoms with E-state index >= 15 is 0 Å². The lowest BCUT2D eigenvalue weighted by Crippen LogP contribution is -2.00. The van der Waals surface area contributed by atoms with Crippen molar-refractivity contribution in [3.05, 3.63) is 152 Å². The van der Waals surface area contributed by atoms with Gasteiger partial charge in [0.25, 0.3) is 0 Å². The number of hydrogen-bond acceptors (Lipinski definition) is 7. The first-order valence-electron chi connectivity index (χ1n) is 16.3. The number of thiophene rings is 1. The molecule has 6 aromatic carbocycles. The highest BCUT2D eigenvalue weighted by Gasteiger charge is 2.21. The largest absolute Gasteiger partial charge is 0.456 e. The molecule has 0 aliphatic heterocycles. The van der Waals surface area contributed by atoms with Gasteiger partial charge in [0.05, 0.1) is 15.9 Å². The molecule has 0 N–H and O–H groups in total. The number of rotatable bonds is 5. The summed E-state index contributed by atoms with van der Waals surface area (Å²) in [5.74, 6) is 2.50.